The van der Waals surface area contributed by atoms with Crippen molar-refractivity contribution in [1.82, 2.24) is 29.7 Å². The van der Waals surface area contributed by atoms with Crippen molar-refractivity contribution in [3.8, 4) is 16.9 Å². The van der Waals surface area contributed by atoms with Crippen molar-refractivity contribution in [3.05, 3.63) is 125 Å². The summed E-state index contributed by atoms with van der Waals surface area (Å²) < 4.78 is 9.82. The largest absolute Gasteiger partial charge is 0.490 e. The van der Waals surface area contributed by atoms with E-state index in [1.54, 1.807) is 0 Å². The number of anilines is 3. The van der Waals surface area contributed by atoms with Gasteiger partial charge in [0.1, 0.15) is 11.6 Å². The molecule has 73 heavy (non-hydrogen) atoms. The van der Waals surface area contributed by atoms with Gasteiger partial charge in [-0.1, -0.05) is 66.6 Å². The van der Waals surface area contributed by atoms with Gasteiger partial charge in [0, 0.05) is 63.9 Å². The Morgan fingerprint density at radius 1 is 0.808 bits per heavy atom. The smallest absolute Gasteiger partial charge is 0.355 e. The van der Waals surface area contributed by atoms with Gasteiger partial charge in [0.25, 0.3) is 5.91 Å². The summed E-state index contributed by atoms with van der Waals surface area (Å²) in [5.74, 6) is 0.921. The van der Waals surface area contributed by atoms with Crippen molar-refractivity contribution in [3.63, 3.8) is 0 Å². The first kappa shape index (κ1) is 48.1. The molecule has 0 spiro atoms. The van der Waals surface area contributed by atoms with Crippen molar-refractivity contribution in [1.29, 1.82) is 0 Å². The number of nitrogens with zero attached hydrogens (tertiary/aromatic N) is 7. The van der Waals surface area contributed by atoms with Gasteiger partial charge in [-0.15, -0.1) is 0 Å². The summed E-state index contributed by atoms with van der Waals surface area (Å²) in [6.45, 7) is 7.98. The highest BCUT2D eigenvalue weighted by Crippen LogP contribution is 2.38. The van der Waals surface area contributed by atoms with Crippen molar-refractivity contribution in [2.24, 2.45) is 13.0 Å². The highest BCUT2D eigenvalue weighted by Gasteiger charge is 2.31. The minimum atomic E-state index is -1.10. The van der Waals surface area contributed by atoms with E-state index in [1.165, 1.54) is 30.6 Å². The maximum atomic E-state index is 13.7. The van der Waals surface area contributed by atoms with Gasteiger partial charge < -0.3 is 24.2 Å². The molecule has 16 heteroatoms. The Balaban J connectivity index is 0.650. The van der Waals surface area contributed by atoms with Gasteiger partial charge in [0.2, 0.25) is 17.8 Å². The number of aryl methyl sites for hydroxylation is 1. The Morgan fingerprint density at radius 3 is 2.44 bits per heavy atom. The molecule has 3 fully saturated rings. The van der Waals surface area contributed by atoms with Crippen LogP contribution < -0.4 is 25.2 Å². The van der Waals surface area contributed by atoms with E-state index in [0.29, 0.717) is 60.3 Å². The van der Waals surface area contributed by atoms with Crippen LogP contribution in [0.4, 0.5) is 16.9 Å². The first-order valence-electron chi connectivity index (χ1n) is 25.8. The summed E-state index contributed by atoms with van der Waals surface area (Å²) in [5.41, 5.74) is 8.45. The summed E-state index contributed by atoms with van der Waals surface area (Å²) in [4.78, 5) is 72.1. The highest BCUT2D eigenvalue weighted by molar-refractivity contribution is 7.22. The summed E-state index contributed by atoms with van der Waals surface area (Å²) in [5, 5.41) is 16.6. The molecule has 6 heterocycles. The third-order valence-corrected chi connectivity index (χ3v) is 16.6. The molecule has 1 atom stereocenters. The fourth-order valence-electron chi connectivity index (χ4n) is 11.5. The summed E-state index contributed by atoms with van der Waals surface area (Å²) in [7, 11) is 2.05. The molecule has 3 aliphatic heterocycles. The highest BCUT2D eigenvalue weighted by atomic mass is 32.1. The van der Waals surface area contributed by atoms with Crippen molar-refractivity contribution in [2.75, 3.05) is 54.4 Å². The summed E-state index contributed by atoms with van der Waals surface area (Å²) in [6, 6.07) is 29.2. The van der Waals surface area contributed by atoms with Crippen LogP contribution in [0.15, 0.2) is 91.0 Å². The van der Waals surface area contributed by atoms with E-state index in [1.807, 2.05) is 92.8 Å². The number of piperidine rings is 1. The summed E-state index contributed by atoms with van der Waals surface area (Å²) in [6.07, 6.45) is 9.60. The second-order valence-corrected chi connectivity index (χ2v) is 21.2. The molecular weight excluding hydrogens is 939 g/mol. The van der Waals surface area contributed by atoms with Crippen LogP contribution in [-0.2, 0) is 29.6 Å². The lowest BCUT2D eigenvalue weighted by atomic mass is 9.84. The van der Waals surface area contributed by atoms with E-state index >= 15 is 0 Å². The van der Waals surface area contributed by atoms with E-state index in [2.05, 4.69) is 47.0 Å². The zero-order chi connectivity index (χ0) is 50.2. The van der Waals surface area contributed by atoms with E-state index < -0.39 is 5.97 Å². The van der Waals surface area contributed by atoms with Crippen LogP contribution in [-0.4, -0.2) is 98.6 Å². The third-order valence-electron chi connectivity index (χ3n) is 15.6. The standard InChI is InChI=1S/C57H61N9O6S/c1-35-40(42-21-24-50(60-52(42)55(70)71)66-28-26-37-10-7-12-43(44(37)34-66)54(69)62-56-58-46-13-3-4-15-49(46)73-56)11-8-14-48(35)72-39-19-16-36(17-20-39)9-5-6-27-64-29-31-65(32-30-64)57-59-45-23-18-38(33-47(45)63(57)2)41-22-25-51(67)61-53(41)68/h3-4,7-8,10-15,18,21,23-24,33,36,39,41H,5-6,9,16-17,19-20,22,25-32,34H2,1-2H3,(H,70,71)(H,58,62,69)(H,61,67,68). The lowest BCUT2D eigenvalue weighted by Gasteiger charge is -2.35. The van der Waals surface area contributed by atoms with Crippen LogP contribution in [0.3, 0.4) is 0 Å². The monoisotopic (exact) mass is 999 g/mol. The molecule has 3 amide bonds. The molecule has 3 aromatic heterocycles. The van der Waals surface area contributed by atoms with E-state index in [-0.39, 0.29) is 35.4 Å². The lowest BCUT2D eigenvalue weighted by molar-refractivity contribution is -0.134. The maximum absolute atomic E-state index is 13.7. The molecular formula is C57H61N9O6S. The number of unbranched alkanes of at least 4 members (excludes halogenated alkanes) is 1. The van der Waals surface area contributed by atoms with Gasteiger partial charge in [-0.2, -0.15) is 0 Å². The van der Waals surface area contributed by atoms with Crippen LogP contribution in [0, 0.1) is 12.8 Å². The van der Waals surface area contributed by atoms with Crippen molar-refractivity contribution in [2.45, 2.75) is 89.7 Å². The fourth-order valence-corrected chi connectivity index (χ4v) is 12.3. The Morgan fingerprint density at radius 2 is 1.63 bits per heavy atom. The van der Waals surface area contributed by atoms with Crippen LogP contribution in [0.5, 0.6) is 5.75 Å². The molecule has 11 rings (SSSR count). The number of piperazine rings is 1. The number of aromatic nitrogens is 4. The number of pyridine rings is 1. The Hall–Kier alpha value is -7.17. The van der Waals surface area contributed by atoms with Crippen LogP contribution in [0.25, 0.3) is 32.4 Å². The molecule has 1 aliphatic carbocycles. The molecule has 4 aromatic carbocycles. The number of imide groups is 1. The van der Waals surface area contributed by atoms with E-state index in [9.17, 15) is 24.3 Å². The predicted octanol–water partition coefficient (Wildman–Crippen LogP) is 9.52. The molecule has 2 saturated heterocycles. The zero-order valence-corrected chi connectivity index (χ0v) is 42.3. The van der Waals surface area contributed by atoms with Crippen molar-refractivity contribution >= 4 is 73.2 Å². The number of carboxylic acids is 1. The van der Waals surface area contributed by atoms with Crippen LogP contribution in [0.1, 0.15) is 107 Å². The second kappa shape index (κ2) is 20.7. The lowest BCUT2D eigenvalue weighted by Crippen LogP contribution is -2.47. The number of nitrogens with one attached hydrogen (secondary N) is 2. The minimum Gasteiger partial charge on any atom is -0.490 e. The Kier molecular flexibility index (Phi) is 13.7. The van der Waals surface area contributed by atoms with E-state index in [4.69, 9.17) is 14.7 Å². The van der Waals surface area contributed by atoms with Gasteiger partial charge in [0.05, 0.1) is 33.3 Å². The number of carbonyl (C=O) groups is 4. The SMILES string of the molecule is Cc1c(OC2CCC(CCCCN3CCN(c4nc5ccc(C6CCC(=O)NC6=O)cc5n4C)CC3)CC2)cccc1-c1ccc(N2CCc3cccc(C(=O)Nc4nc5ccccc5s4)c3C2)nc1C(=O)O. The normalized spacial score (nSPS) is 19.5. The molecule has 15 nitrogen and oxygen atoms in total. The molecule has 0 radical (unpaired) electrons. The first-order chi connectivity index (χ1) is 35.5. The number of hydrogen-bond donors (Lipinski definition) is 3. The fraction of sp³-hybridized carbons (Fsp3) is 0.386. The van der Waals surface area contributed by atoms with Gasteiger partial charge in [0.15, 0.2) is 10.8 Å². The van der Waals surface area contributed by atoms with Gasteiger partial charge >= 0.3 is 5.97 Å². The number of benzene rings is 4. The number of amides is 3. The average Bonchev–Trinajstić information content (AvgIpc) is 3.97. The Labute approximate surface area is 428 Å². The molecule has 1 unspecified atom stereocenters. The second-order valence-electron chi connectivity index (χ2n) is 20.2. The molecule has 0 bridgehead atoms. The maximum Gasteiger partial charge on any atom is 0.355 e. The summed E-state index contributed by atoms with van der Waals surface area (Å²) >= 11 is 1.44. The quantitative estimate of drug-likeness (QED) is 0.0697. The van der Waals surface area contributed by atoms with Crippen LogP contribution >= 0.6 is 11.3 Å². The zero-order valence-electron chi connectivity index (χ0n) is 41.4. The number of hydrogen-bond acceptors (Lipinski definition) is 12. The minimum absolute atomic E-state index is 0.0176. The first-order valence-corrected chi connectivity index (χ1v) is 26.7. The number of para-hydroxylation sites is 1. The number of thiazole rings is 1. The third kappa shape index (κ3) is 10.1. The molecule has 376 valence electrons. The number of rotatable bonds is 14. The molecule has 4 aliphatic rings. The predicted molar refractivity (Wildman–Crippen MR) is 285 cm³/mol. The average molecular weight is 1000 g/mol. The van der Waals surface area contributed by atoms with Gasteiger partial charge in [-0.05, 0) is 141 Å². The van der Waals surface area contributed by atoms with Gasteiger partial charge in [-0.3, -0.25) is 29.9 Å². The topological polar surface area (TPSA) is 175 Å². The number of fused-ring (bicyclic) bond motifs is 3. The number of ether oxygens (including phenoxy) is 1. The molecule has 1 saturated carbocycles. The van der Waals surface area contributed by atoms with Crippen molar-refractivity contribution < 1.29 is 29.0 Å². The number of carboxylic acid groups (broad SMARTS) is 1. The van der Waals surface area contributed by atoms with E-state index in [0.717, 1.165) is 119 Å². The number of carbonyl (C=O) groups excluding carboxylic acids is 3. The molecule has 7 aromatic rings. The van der Waals surface area contributed by atoms with Crippen LogP contribution in [0.2, 0.25) is 0 Å². The number of imidazole rings is 1. The molecule has 3 N–H and O–H groups in total. The van der Waals surface area contributed by atoms with Gasteiger partial charge in [-0.25, -0.2) is 19.7 Å². The Bertz CT molecular complexity index is 3210. The number of aromatic carboxylic acids is 1.